The number of hydrogen-bond donors (Lipinski definition) is 6. The maximum Gasteiger partial charge on any atom is 0.142 e. The minimum atomic E-state index is -0.174. The number of nitrogens with two attached hydrogens (primary N) is 2. The third-order valence-corrected chi connectivity index (χ3v) is 11.0. The number of benzene rings is 4. The van der Waals surface area contributed by atoms with E-state index in [4.69, 9.17) is 67.3 Å². The number of aliphatic hydroxyl groups excluding tert-OH is 2. The number of ether oxygens (including phenoxy) is 2. The highest BCUT2D eigenvalue weighted by molar-refractivity contribution is 6.42. The van der Waals surface area contributed by atoms with Crippen LogP contribution < -0.4 is 31.6 Å². The Balaban J connectivity index is 0.000000221. The summed E-state index contributed by atoms with van der Waals surface area (Å²) >= 11 is 24.3. The average molecular weight is 869 g/mol. The molecule has 0 bridgehead atoms. The van der Waals surface area contributed by atoms with E-state index in [1.807, 2.05) is 38.1 Å². The molecule has 2 aromatic heterocycles. The molecule has 0 saturated heterocycles. The van der Waals surface area contributed by atoms with E-state index in [0.29, 0.717) is 67.3 Å². The van der Waals surface area contributed by atoms with Crippen molar-refractivity contribution >= 4 is 79.6 Å². The highest BCUT2D eigenvalue weighted by Gasteiger charge is 2.20. The molecule has 2 heterocycles. The van der Waals surface area contributed by atoms with Crippen molar-refractivity contribution in [2.24, 2.45) is 11.5 Å². The fourth-order valence-electron chi connectivity index (χ4n) is 6.56. The molecule has 0 aliphatic rings. The second-order valence-corrected chi connectivity index (χ2v) is 15.8. The Morgan fingerprint density at radius 3 is 1.34 bits per heavy atom. The lowest BCUT2D eigenvalue weighted by molar-refractivity contribution is 0.276. The summed E-state index contributed by atoms with van der Waals surface area (Å²) < 4.78 is 12.3. The minimum absolute atomic E-state index is 0.174. The zero-order chi connectivity index (χ0) is 41.9. The number of halogens is 4. The van der Waals surface area contributed by atoms with Gasteiger partial charge in [0, 0.05) is 58.5 Å². The molecule has 0 amide bonds. The maximum absolute atomic E-state index is 10.1. The fraction of sp³-hybridized carbons (Fsp3) is 0.318. The van der Waals surface area contributed by atoms with Crippen molar-refractivity contribution in [3.63, 3.8) is 0 Å². The van der Waals surface area contributed by atoms with Crippen molar-refractivity contribution in [1.82, 2.24) is 9.97 Å². The van der Waals surface area contributed by atoms with Crippen LogP contribution in [0.2, 0.25) is 20.1 Å². The number of hydrogen-bond acceptors (Lipinski definition) is 10. The number of pyridine rings is 2. The van der Waals surface area contributed by atoms with Crippen LogP contribution >= 0.6 is 46.4 Å². The number of nitrogens with zero attached hydrogens (tertiary/aromatic N) is 2. The third kappa shape index (κ3) is 11.1. The number of aliphatic hydroxyl groups is 2. The van der Waals surface area contributed by atoms with Crippen LogP contribution in [0.5, 0.6) is 23.0 Å². The Kier molecular flexibility index (Phi) is 16.5. The highest BCUT2D eigenvalue weighted by atomic mass is 35.5. The number of fused-ring (bicyclic) bond motifs is 2. The largest absolute Gasteiger partial charge is 0.456 e. The molecule has 6 aromatic rings. The molecule has 6 rings (SSSR count). The molecule has 308 valence electrons. The zero-order valence-electron chi connectivity index (χ0n) is 33.0. The molecule has 0 aliphatic carbocycles. The van der Waals surface area contributed by atoms with E-state index in [1.165, 1.54) is 0 Å². The third-order valence-electron chi connectivity index (χ3n) is 9.55. The number of aryl methyl sites for hydroxylation is 2. The van der Waals surface area contributed by atoms with Crippen molar-refractivity contribution < 1.29 is 19.7 Å². The van der Waals surface area contributed by atoms with Crippen LogP contribution in [0, 0.1) is 13.8 Å². The lowest BCUT2D eigenvalue weighted by atomic mass is 10.0. The first-order valence-electron chi connectivity index (χ1n) is 19.1. The first kappa shape index (κ1) is 45.0. The summed E-state index contributed by atoms with van der Waals surface area (Å²) in [5, 5.41) is 30.5. The van der Waals surface area contributed by atoms with Crippen LogP contribution in [0.3, 0.4) is 0 Å². The fourth-order valence-corrected chi connectivity index (χ4v) is 7.14. The van der Waals surface area contributed by atoms with Gasteiger partial charge in [0.2, 0.25) is 0 Å². The van der Waals surface area contributed by atoms with E-state index >= 15 is 0 Å². The molecule has 0 unspecified atom stereocenters. The molecule has 58 heavy (non-hydrogen) atoms. The molecule has 8 N–H and O–H groups in total. The summed E-state index contributed by atoms with van der Waals surface area (Å²) in [5.41, 5.74) is 17.9. The molecule has 2 atom stereocenters. The topological polar surface area (TPSA) is 161 Å². The Labute approximate surface area is 359 Å². The summed E-state index contributed by atoms with van der Waals surface area (Å²) in [6, 6.07) is 18.2. The van der Waals surface area contributed by atoms with Crippen molar-refractivity contribution in [2.75, 3.05) is 23.7 Å². The van der Waals surface area contributed by atoms with E-state index in [9.17, 15) is 10.2 Å². The van der Waals surface area contributed by atoms with Gasteiger partial charge in [-0.2, -0.15) is 0 Å². The maximum atomic E-state index is 10.1. The van der Waals surface area contributed by atoms with Gasteiger partial charge in [-0.05, 0) is 126 Å². The van der Waals surface area contributed by atoms with Gasteiger partial charge in [-0.25, -0.2) is 0 Å². The minimum Gasteiger partial charge on any atom is -0.456 e. The van der Waals surface area contributed by atoms with Crippen molar-refractivity contribution in [1.29, 1.82) is 0 Å². The van der Waals surface area contributed by atoms with Crippen LogP contribution in [0.15, 0.2) is 73.1 Å². The van der Waals surface area contributed by atoms with Gasteiger partial charge in [-0.1, -0.05) is 46.4 Å². The highest BCUT2D eigenvalue weighted by Crippen LogP contribution is 2.42. The Hall–Kier alpha value is -4.10. The molecule has 0 aliphatic heterocycles. The van der Waals surface area contributed by atoms with Crippen LogP contribution in [0.1, 0.15) is 61.8 Å². The summed E-state index contributed by atoms with van der Waals surface area (Å²) in [4.78, 5) is 9.18. The molecule has 4 aromatic carbocycles. The monoisotopic (exact) mass is 866 g/mol. The van der Waals surface area contributed by atoms with E-state index in [-0.39, 0.29) is 25.3 Å². The van der Waals surface area contributed by atoms with Gasteiger partial charge < -0.3 is 41.8 Å². The number of nitrogens with one attached hydrogen (secondary N) is 2. The van der Waals surface area contributed by atoms with Crippen LogP contribution in [-0.2, 0) is 13.2 Å². The lowest BCUT2D eigenvalue weighted by Gasteiger charge is -2.21. The zero-order valence-corrected chi connectivity index (χ0v) is 36.0. The van der Waals surface area contributed by atoms with Gasteiger partial charge in [0.1, 0.15) is 23.0 Å². The number of rotatable bonds is 16. The summed E-state index contributed by atoms with van der Waals surface area (Å²) in [7, 11) is 0. The van der Waals surface area contributed by atoms with Gasteiger partial charge in [0.05, 0.1) is 55.7 Å². The van der Waals surface area contributed by atoms with E-state index in [0.717, 1.165) is 70.0 Å². The molecule has 10 nitrogen and oxygen atoms in total. The SMILES string of the molecule is Cc1ccnc2c(N[C@@H](C)CCCN)cc(CO)c(Oc3ccc(Cl)c(Cl)c3)c12.Cc1ccnc2c(N[C@H](C)CCCN)cc(CO)c(Oc3ccc(Cl)c(Cl)c3)c12. The Morgan fingerprint density at radius 1 is 0.603 bits per heavy atom. The van der Waals surface area contributed by atoms with Crippen molar-refractivity contribution in [3.05, 3.63) is 115 Å². The quantitative estimate of drug-likeness (QED) is 0.0552. The Bertz CT molecular complexity index is 2180. The van der Waals surface area contributed by atoms with Gasteiger partial charge in [-0.15, -0.1) is 0 Å². The van der Waals surface area contributed by atoms with E-state index in [2.05, 4.69) is 34.4 Å². The van der Waals surface area contributed by atoms with Gasteiger partial charge in [0.25, 0.3) is 0 Å². The normalized spacial score (nSPS) is 12.2. The molecule has 0 fully saturated rings. The van der Waals surface area contributed by atoms with Crippen LogP contribution in [0.25, 0.3) is 21.8 Å². The Morgan fingerprint density at radius 2 is 1.00 bits per heavy atom. The van der Waals surface area contributed by atoms with Crippen molar-refractivity contribution in [3.8, 4) is 23.0 Å². The second kappa shape index (κ2) is 21.2. The first-order chi connectivity index (χ1) is 27.9. The predicted octanol–water partition coefficient (Wildman–Crippen LogP) is 11.3. The second-order valence-electron chi connectivity index (χ2n) is 14.2. The van der Waals surface area contributed by atoms with Crippen molar-refractivity contribution in [2.45, 2.75) is 78.7 Å². The smallest absolute Gasteiger partial charge is 0.142 e. The molecular weight excluding hydrogens is 818 g/mol. The summed E-state index contributed by atoms with van der Waals surface area (Å²) in [6.07, 6.45) is 7.30. The summed E-state index contributed by atoms with van der Waals surface area (Å²) in [5.74, 6) is 2.20. The van der Waals surface area contributed by atoms with Gasteiger partial charge >= 0.3 is 0 Å². The predicted molar refractivity (Wildman–Crippen MR) is 241 cm³/mol. The molecule has 0 spiro atoms. The van der Waals surface area contributed by atoms with Gasteiger partial charge in [0.15, 0.2) is 0 Å². The first-order valence-corrected chi connectivity index (χ1v) is 20.6. The number of anilines is 2. The van der Waals surface area contributed by atoms with E-state index < -0.39 is 0 Å². The lowest BCUT2D eigenvalue weighted by Crippen LogP contribution is -2.17. The molecular formula is C44H50Cl4N6O4. The van der Waals surface area contributed by atoms with E-state index in [1.54, 1.807) is 48.8 Å². The molecule has 0 saturated carbocycles. The van der Waals surface area contributed by atoms with Crippen LogP contribution in [-0.4, -0.2) is 45.4 Å². The average Bonchev–Trinajstić information content (AvgIpc) is 3.20. The number of aromatic nitrogens is 2. The summed E-state index contributed by atoms with van der Waals surface area (Å²) in [6.45, 7) is 9.17. The standard InChI is InChI=1S/2C22H25Cl2N3O2/c2*1-13-7-9-26-21-19(27-14(2)4-3-8-25)10-15(12-28)22(20(13)21)29-16-5-6-17(23)18(24)11-16/h2*5-7,9-11,14,27-28H,3-4,8,12,25H2,1-2H3/t2*14-/m10/s1. The van der Waals surface area contributed by atoms with Crippen LogP contribution in [0.4, 0.5) is 11.4 Å². The molecule has 0 radical (unpaired) electrons. The van der Waals surface area contributed by atoms with Gasteiger partial charge in [-0.3, -0.25) is 9.97 Å². The molecule has 14 heteroatoms.